The fraction of sp³-hybridized carbons (Fsp3) is 0.172. The first kappa shape index (κ1) is 25.8. The third-order valence-corrected chi connectivity index (χ3v) is 6.03. The van der Waals surface area contributed by atoms with Gasteiger partial charge in [-0.2, -0.15) is 5.26 Å². The molecular weight excluding hydrogens is 458 g/mol. The molecule has 1 heterocycles. The van der Waals surface area contributed by atoms with Crippen molar-refractivity contribution in [2.24, 2.45) is 11.5 Å². The number of amides is 1. The van der Waals surface area contributed by atoms with E-state index in [1.807, 2.05) is 42.5 Å². The number of nitrogens with two attached hydrogens (primary N) is 2. The lowest BCUT2D eigenvalue weighted by atomic mass is 9.84. The van der Waals surface area contributed by atoms with Gasteiger partial charge in [0.15, 0.2) is 0 Å². The van der Waals surface area contributed by atoms with Crippen LogP contribution in [-0.4, -0.2) is 12.5 Å². The summed E-state index contributed by atoms with van der Waals surface area (Å²) in [6.07, 6.45) is 3.26. The average Bonchev–Trinajstić information content (AvgIpc) is 3.27. The number of carbonyl (C=O) groups is 1. The summed E-state index contributed by atoms with van der Waals surface area (Å²) in [5, 5.41) is 10.6. The van der Waals surface area contributed by atoms with Crippen molar-refractivity contribution < 1.29 is 9.21 Å². The summed E-state index contributed by atoms with van der Waals surface area (Å²) in [5.74, 6) is -0.513. The number of primary amides is 1. The van der Waals surface area contributed by atoms with Crippen molar-refractivity contribution in [3.8, 4) is 6.07 Å². The fourth-order valence-electron chi connectivity index (χ4n) is 3.42. The molecule has 0 saturated heterocycles. The zero-order valence-electron chi connectivity index (χ0n) is 20.0. The maximum absolute atomic E-state index is 10.9. The maximum atomic E-state index is 10.9. The van der Waals surface area contributed by atoms with Crippen molar-refractivity contribution in [1.82, 2.24) is 0 Å². The van der Waals surface area contributed by atoms with Gasteiger partial charge in [-0.25, -0.2) is 0 Å². The van der Waals surface area contributed by atoms with Crippen LogP contribution in [0, 0.1) is 18.3 Å². The summed E-state index contributed by atoms with van der Waals surface area (Å²) in [5.41, 5.74) is 16.9. The molecule has 1 aromatic heterocycles. The van der Waals surface area contributed by atoms with Gasteiger partial charge in [-0.3, -0.25) is 4.79 Å². The van der Waals surface area contributed by atoms with Crippen molar-refractivity contribution in [3.63, 3.8) is 0 Å². The first-order chi connectivity index (χ1) is 16.6. The molecule has 0 radical (unpaired) electrons. The minimum Gasteiger partial charge on any atom is -0.463 e. The van der Waals surface area contributed by atoms with Gasteiger partial charge < -0.3 is 15.9 Å². The predicted octanol–water partition coefficient (Wildman–Crippen LogP) is 6.48. The predicted molar refractivity (Wildman–Crippen MR) is 143 cm³/mol. The standard InChI is InChI=1S/C20H22N2.C9H6ClNO2/c1-15-4-6-16(7-5-15)12-18(13-21)17-8-10-19(11-9-17)20(2,3)14-22;10-5-1-2-8-6(3-5)7(4-13-8)9(11)12/h4-12H,14,22H2,1-3H3;1-4H,(H2,11,12)/b18-12+;. The van der Waals surface area contributed by atoms with Crippen LogP contribution in [0.5, 0.6) is 0 Å². The molecule has 4 aromatic rings. The van der Waals surface area contributed by atoms with Gasteiger partial charge in [0.1, 0.15) is 11.8 Å². The summed E-state index contributed by atoms with van der Waals surface area (Å²) in [7, 11) is 0. The van der Waals surface area contributed by atoms with Gasteiger partial charge in [0.25, 0.3) is 5.91 Å². The number of nitriles is 1. The van der Waals surface area contributed by atoms with Crippen LogP contribution in [0.3, 0.4) is 0 Å². The molecule has 0 bridgehead atoms. The Labute approximate surface area is 210 Å². The van der Waals surface area contributed by atoms with Gasteiger partial charge in [0, 0.05) is 22.4 Å². The number of rotatable bonds is 5. The van der Waals surface area contributed by atoms with Gasteiger partial charge in [-0.05, 0) is 47.9 Å². The highest BCUT2D eigenvalue weighted by molar-refractivity contribution is 6.31. The van der Waals surface area contributed by atoms with Crippen LogP contribution in [0.15, 0.2) is 77.4 Å². The third-order valence-electron chi connectivity index (χ3n) is 5.80. The van der Waals surface area contributed by atoms with Crippen molar-refractivity contribution in [3.05, 3.63) is 106 Å². The van der Waals surface area contributed by atoms with E-state index < -0.39 is 5.91 Å². The minimum atomic E-state index is -0.513. The second-order valence-corrected chi connectivity index (χ2v) is 9.34. The Balaban J connectivity index is 0.000000223. The molecule has 0 atom stereocenters. The minimum absolute atomic E-state index is 0.0496. The SMILES string of the molecule is Cc1ccc(/C=C(\C#N)c2ccc(C(C)(C)CN)cc2)cc1.NC(=O)c1coc2ccc(Cl)cc12. The van der Waals surface area contributed by atoms with E-state index in [4.69, 9.17) is 27.5 Å². The van der Waals surface area contributed by atoms with Crippen LogP contribution in [0.25, 0.3) is 22.6 Å². The van der Waals surface area contributed by atoms with E-state index in [0.29, 0.717) is 33.7 Å². The summed E-state index contributed by atoms with van der Waals surface area (Å²) in [4.78, 5) is 10.9. The first-order valence-electron chi connectivity index (χ1n) is 11.1. The number of halogens is 1. The number of aryl methyl sites for hydroxylation is 1. The molecule has 178 valence electrons. The Morgan fingerprint density at radius 2 is 1.74 bits per heavy atom. The topological polar surface area (TPSA) is 106 Å². The first-order valence-corrected chi connectivity index (χ1v) is 11.5. The molecule has 0 unspecified atom stereocenters. The Hall–Kier alpha value is -3.85. The number of hydrogen-bond acceptors (Lipinski definition) is 4. The van der Waals surface area contributed by atoms with Crippen LogP contribution < -0.4 is 11.5 Å². The Morgan fingerprint density at radius 3 is 2.31 bits per heavy atom. The normalized spacial score (nSPS) is 11.5. The Kier molecular flexibility index (Phi) is 8.14. The molecule has 0 spiro atoms. The lowest BCUT2D eigenvalue weighted by Gasteiger charge is -2.23. The monoisotopic (exact) mass is 485 g/mol. The van der Waals surface area contributed by atoms with Gasteiger partial charge >= 0.3 is 0 Å². The van der Waals surface area contributed by atoms with E-state index in [1.165, 1.54) is 17.4 Å². The number of allylic oxidation sites excluding steroid dienone is 1. The molecule has 0 aliphatic carbocycles. The number of furan rings is 1. The van der Waals surface area contributed by atoms with E-state index in [1.54, 1.807) is 18.2 Å². The van der Waals surface area contributed by atoms with Crippen LogP contribution in [0.4, 0.5) is 0 Å². The number of hydrogen-bond donors (Lipinski definition) is 2. The van der Waals surface area contributed by atoms with Gasteiger partial charge in [0.2, 0.25) is 0 Å². The van der Waals surface area contributed by atoms with E-state index in [0.717, 1.165) is 11.1 Å². The molecule has 0 fully saturated rings. The zero-order valence-corrected chi connectivity index (χ0v) is 20.8. The Bertz CT molecular complexity index is 1390. The molecule has 1 amide bonds. The third kappa shape index (κ3) is 6.39. The molecule has 0 aliphatic heterocycles. The highest BCUT2D eigenvalue weighted by Gasteiger charge is 2.18. The van der Waals surface area contributed by atoms with E-state index in [-0.39, 0.29) is 5.41 Å². The highest BCUT2D eigenvalue weighted by atomic mass is 35.5. The molecular formula is C29H28ClN3O2. The maximum Gasteiger partial charge on any atom is 0.252 e. The van der Waals surface area contributed by atoms with Gasteiger partial charge in [-0.15, -0.1) is 0 Å². The number of carbonyl (C=O) groups excluding carboxylic acids is 1. The molecule has 3 aromatic carbocycles. The van der Waals surface area contributed by atoms with E-state index in [9.17, 15) is 10.1 Å². The van der Waals surface area contributed by atoms with Gasteiger partial charge in [-0.1, -0.05) is 79.5 Å². The fourth-order valence-corrected chi connectivity index (χ4v) is 3.59. The summed E-state index contributed by atoms with van der Waals surface area (Å²) >= 11 is 5.76. The summed E-state index contributed by atoms with van der Waals surface area (Å²) in [6, 6.07) is 23.6. The molecule has 4 N–H and O–H groups in total. The molecule has 0 saturated carbocycles. The van der Waals surface area contributed by atoms with Crippen LogP contribution >= 0.6 is 11.6 Å². The summed E-state index contributed by atoms with van der Waals surface area (Å²) in [6.45, 7) is 6.89. The summed E-state index contributed by atoms with van der Waals surface area (Å²) < 4.78 is 5.11. The number of fused-ring (bicyclic) bond motifs is 1. The second kappa shape index (κ2) is 11.1. The Morgan fingerprint density at radius 1 is 1.09 bits per heavy atom. The largest absolute Gasteiger partial charge is 0.463 e. The van der Waals surface area contributed by atoms with Crippen molar-refractivity contribution >= 4 is 40.1 Å². The molecule has 0 aliphatic rings. The van der Waals surface area contributed by atoms with Crippen LogP contribution in [-0.2, 0) is 5.41 Å². The smallest absolute Gasteiger partial charge is 0.252 e. The van der Waals surface area contributed by atoms with Crippen molar-refractivity contribution in [1.29, 1.82) is 5.26 Å². The van der Waals surface area contributed by atoms with Crippen LogP contribution in [0.2, 0.25) is 5.02 Å². The lowest BCUT2D eigenvalue weighted by molar-refractivity contribution is 0.100. The molecule has 35 heavy (non-hydrogen) atoms. The quantitative estimate of drug-likeness (QED) is 0.249. The highest BCUT2D eigenvalue weighted by Crippen LogP contribution is 2.25. The number of benzene rings is 3. The number of nitrogens with zero attached hydrogens (tertiary/aromatic N) is 1. The van der Waals surface area contributed by atoms with E-state index in [2.05, 4.69) is 39.0 Å². The zero-order chi connectivity index (χ0) is 25.6. The molecule has 6 heteroatoms. The average molecular weight is 486 g/mol. The van der Waals surface area contributed by atoms with Gasteiger partial charge in [0.05, 0.1) is 17.2 Å². The molecule has 4 rings (SSSR count). The van der Waals surface area contributed by atoms with Crippen molar-refractivity contribution in [2.75, 3.05) is 6.54 Å². The van der Waals surface area contributed by atoms with Crippen molar-refractivity contribution in [2.45, 2.75) is 26.2 Å². The van der Waals surface area contributed by atoms with Crippen LogP contribution in [0.1, 0.15) is 46.5 Å². The molecule has 5 nitrogen and oxygen atoms in total. The second-order valence-electron chi connectivity index (χ2n) is 8.90. The lowest BCUT2D eigenvalue weighted by Crippen LogP contribution is -2.27. The van der Waals surface area contributed by atoms with E-state index >= 15 is 0 Å².